The SMILES string of the molecule is CCCN1CCC[C@@H]2Cc3nc(N)nc(O)c3C[C@H]21.Cl. The molecule has 0 aromatic carbocycles. The average molecular weight is 299 g/mol. The summed E-state index contributed by atoms with van der Waals surface area (Å²) in [5, 5.41) is 9.99. The summed E-state index contributed by atoms with van der Waals surface area (Å²) in [5.74, 6) is 0.931. The lowest BCUT2D eigenvalue weighted by Crippen LogP contribution is -2.49. The fraction of sp³-hybridized carbons (Fsp3) is 0.714. The Morgan fingerprint density at radius 3 is 2.90 bits per heavy atom. The number of hydrogen-bond donors (Lipinski definition) is 2. The molecule has 3 rings (SSSR count). The number of piperidine rings is 1. The normalized spacial score (nSPS) is 25.4. The van der Waals surface area contributed by atoms with Gasteiger partial charge in [0.1, 0.15) is 0 Å². The van der Waals surface area contributed by atoms with E-state index in [1.165, 1.54) is 25.8 Å². The molecule has 112 valence electrons. The second-order valence-corrected chi connectivity index (χ2v) is 5.74. The molecule has 20 heavy (non-hydrogen) atoms. The van der Waals surface area contributed by atoms with E-state index in [-0.39, 0.29) is 24.2 Å². The van der Waals surface area contributed by atoms with Gasteiger partial charge in [0.15, 0.2) is 0 Å². The van der Waals surface area contributed by atoms with E-state index >= 15 is 0 Å². The average Bonchev–Trinajstić information content (AvgIpc) is 2.37. The van der Waals surface area contributed by atoms with Gasteiger partial charge in [0.05, 0.1) is 5.69 Å². The molecule has 0 radical (unpaired) electrons. The molecule has 1 aromatic heterocycles. The van der Waals surface area contributed by atoms with E-state index in [1.807, 2.05) is 0 Å². The zero-order valence-corrected chi connectivity index (χ0v) is 12.7. The van der Waals surface area contributed by atoms with Gasteiger partial charge < -0.3 is 10.8 Å². The summed E-state index contributed by atoms with van der Waals surface area (Å²) < 4.78 is 0. The minimum Gasteiger partial charge on any atom is -0.493 e. The Morgan fingerprint density at radius 2 is 2.15 bits per heavy atom. The summed E-state index contributed by atoms with van der Waals surface area (Å²) in [5.41, 5.74) is 7.51. The highest BCUT2D eigenvalue weighted by molar-refractivity contribution is 5.85. The second kappa shape index (κ2) is 6.14. The van der Waals surface area contributed by atoms with Gasteiger partial charge in [-0.3, -0.25) is 4.90 Å². The summed E-state index contributed by atoms with van der Waals surface area (Å²) in [6, 6.07) is 0.541. The molecule has 3 N–H and O–H groups in total. The maximum Gasteiger partial charge on any atom is 0.223 e. The minimum absolute atomic E-state index is 0. The van der Waals surface area contributed by atoms with Crippen LogP contribution in [0.3, 0.4) is 0 Å². The summed E-state index contributed by atoms with van der Waals surface area (Å²) in [4.78, 5) is 10.8. The molecule has 0 spiro atoms. The number of halogens is 1. The van der Waals surface area contributed by atoms with Crippen molar-refractivity contribution in [3.63, 3.8) is 0 Å². The lowest BCUT2D eigenvalue weighted by Gasteiger charge is -2.44. The van der Waals surface area contributed by atoms with Crippen LogP contribution in [0, 0.1) is 5.92 Å². The smallest absolute Gasteiger partial charge is 0.223 e. The first-order valence-corrected chi connectivity index (χ1v) is 7.27. The van der Waals surface area contributed by atoms with E-state index in [9.17, 15) is 5.11 Å². The Labute approximate surface area is 126 Å². The Balaban J connectivity index is 0.00000147. The number of aromatic hydroxyl groups is 1. The number of nitrogen functional groups attached to an aromatic ring is 1. The first-order chi connectivity index (χ1) is 9.19. The largest absolute Gasteiger partial charge is 0.493 e. The zero-order valence-electron chi connectivity index (χ0n) is 11.9. The van der Waals surface area contributed by atoms with Crippen LogP contribution in [0.25, 0.3) is 0 Å². The third-order valence-electron chi connectivity index (χ3n) is 4.50. The number of fused-ring (bicyclic) bond motifs is 2. The van der Waals surface area contributed by atoms with Gasteiger partial charge in [-0.2, -0.15) is 4.98 Å². The van der Waals surface area contributed by atoms with Crippen molar-refractivity contribution in [1.82, 2.24) is 14.9 Å². The summed E-state index contributed by atoms with van der Waals surface area (Å²) in [6.07, 6.45) is 5.50. The van der Waals surface area contributed by atoms with Gasteiger partial charge in [-0.15, -0.1) is 12.4 Å². The van der Waals surface area contributed by atoms with Crippen LogP contribution in [0.4, 0.5) is 5.95 Å². The van der Waals surface area contributed by atoms with Gasteiger partial charge in [-0.1, -0.05) is 6.92 Å². The standard InChI is InChI=1S/C14H22N4O.ClH/c1-2-5-18-6-3-4-9-7-11-10(8-12(9)18)13(19)17-14(15)16-11;/h9,12H,2-8H2,1H3,(H3,15,16,17,19);1H/t9-,12-;/m1./s1. The molecule has 2 heterocycles. The highest BCUT2D eigenvalue weighted by atomic mass is 35.5. The third kappa shape index (κ3) is 2.69. The van der Waals surface area contributed by atoms with Gasteiger partial charge in [0, 0.05) is 11.6 Å². The maximum atomic E-state index is 9.99. The molecule has 1 aliphatic heterocycles. The van der Waals surface area contributed by atoms with Crippen LogP contribution in [-0.4, -0.2) is 39.1 Å². The molecule has 5 nitrogen and oxygen atoms in total. The number of anilines is 1. The van der Waals surface area contributed by atoms with Crippen LogP contribution in [0.2, 0.25) is 0 Å². The lowest BCUT2D eigenvalue weighted by molar-refractivity contribution is 0.0837. The predicted octanol–water partition coefficient (Wildman–Crippen LogP) is 1.78. The van der Waals surface area contributed by atoms with E-state index in [2.05, 4.69) is 21.8 Å². The van der Waals surface area contributed by atoms with Crippen molar-refractivity contribution in [3.05, 3.63) is 11.3 Å². The van der Waals surface area contributed by atoms with E-state index in [0.29, 0.717) is 12.0 Å². The van der Waals surface area contributed by atoms with Gasteiger partial charge in [0.25, 0.3) is 0 Å². The van der Waals surface area contributed by atoms with Crippen molar-refractivity contribution < 1.29 is 5.11 Å². The van der Waals surface area contributed by atoms with Crippen LogP contribution in [0.5, 0.6) is 5.88 Å². The topological polar surface area (TPSA) is 75.3 Å². The Kier molecular flexibility index (Phi) is 4.70. The van der Waals surface area contributed by atoms with Crippen molar-refractivity contribution in [3.8, 4) is 5.88 Å². The van der Waals surface area contributed by atoms with Crippen molar-refractivity contribution in [2.75, 3.05) is 18.8 Å². The van der Waals surface area contributed by atoms with Gasteiger partial charge >= 0.3 is 0 Å². The van der Waals surface area contributed by atoms with E-state index in [1.54, 1.807) is 0 Å². The van der Waals surface area contributed by atoms with E-state index in [0.717, 1.165) is 30.6 Å². The predicted molar refractivity (Wildman–Crippen MR) is 81.1 cm³/mol. The molecule has 0 amide bonds. The van der Waals surface area contributed by atoms with Gasteiger partial charge in [-0.25, -0.2) is 4.98 Å². The number of aromatic nitrogens is 2. The van der Waals surface area contributed by atoms with Crippen LogP contribution >= 0.6 is 12.4 Å². The van der Waals surface area contributed by atoms with E-state index in [4.69, 9.17) is 5.73 Å². The molecule has 0 saturated carbocycles. The van der Waals surface area contributed by atoms with Crippen LogP contribution < -0.4 is 5.73 Å². The molecule has 1 aliphatic carbocycles. The molecule has 2 aliphatic rings. The lowest BCUT2D eigenvalue weighted by atomic mass is 9.77. The Bertz CT molecular complexity index is 480. The molecule has 1 fully saturated rings. The fourth-order valence-corrected chi connectivity index (χ4v) is 3.68. The van der Waals surface area contributed by atoms with Crippen molar-refractivity contribution in [2.24, 2.45) is 5.92 Å². The van der Waals surface area contributed by atoms with Crippen molar-refractivity contribution in [2.45, 2.75) is 45.1 Å². The minimum atomic E-state index is 0. The van der Waals surface area contributed by atoms with Crippen molar-refractivity contribution in [1.29, 1.82) is 0 Å². The molecular formula is C14H23ClN4O. The van der Waals surface area contributed by atoms with Gasteiger partial charge in [-0.05, 0) is 51.1 Å². The zero-order chi connectivity index (χ0) is 13.4. The molecule has 2 atom stereocenters. The Hall–Kier alpha value is -1.07. The summed E-state index contributed by atoms with van der Waals surface area (Å²) in [7, 11) is 0. The monoisotopic (exact) mass is 298 g/mol. The molecule has 6 heteroatoms. The summed E-state index contributed by atoms with van der Waals surface area (Å²) in [6.45, 7) is 4.55. The molecule has 0 bridgehead atoms. The second-order valence-electron chi connectivity index (χ2n) is 5.74. The fourth-order valence-electron chi connectivity index (χ4n) is 3.68. The third-order valence-corrected chi connectivity index (χ3v) is 4.50. The van der Waals surface area contributed by atoms with Crippen LogP contribution in [0.15, 0.2) is 0 Å². The molecule has 0 unspecified atom stereocenters. The van der Waals surface area contributed by atoms with E-state index < -0.39 is 0 Å². The molecule has 1 saturated heterocycles. The highest BCUT2D eigenvalue weighted by Gasteiger charge is 2.37. The number of nitrogens with two attached hydrogens (primary N) is 1. The van der Waals surface area contributed by atoms with Gasteiger partial charge in [0.2, 0.25) is 11.8 Å². The molecular weight excluding hydrogens is 276 g/mol. The highest BCUT2D eigenvalue weighted by Crippen LogP contribution is 2.37. The van der Waals surface area contributed by atoms with Crippen LogP contribution in [-0.2, 0) is 12.8 Å². The van der Waals surface area contributed by atoms with Crippen LogP contribution in [0.1, 0.15) is 37.4 Å². The quantitative estimate of drug-likeness (QED) is 0.870. The number of nitrogens with zero attached hydrogens (tertiary/aromatic N) is 3. The van der Waals surface area contributed by atoms with Crippen molar-refractivity contribution >= 4 is 18.4 Å². The maximum absolute atomic E-state index is 9.99. The molecule has 1 aromatic rings. The first-order valence-electron chi connectivity index (χ1n) is 7.27. The summed E-state index contributed by atoms with van der Waals surface area (Å²) >= 11 is 0. The first kappa shape index (κ1) is 15.3. The number of likely N-dealkylation sites (tertiary alicyclic amines) is 1. The Morgan fingerprint density at radius 1 is 1.35 bits per heavy atom. The number of rotatable bonds is 2. The number of hydrogen-bond acceptors (Lipinski definition) is 5.